The van der Waals surface area contributed by atoms with Crippen LogP contribution in [0.5, 0.6) is 0 Å². The van der Waals surface area contributed by atoms with E-state index in [-0.39, 0.29) is 11.9 Å². The lowest BCUT2D eigenvalue weighted by atomic mass is 10.1. The number of pyridine rings is 1. The summed E-state index contributed by atoms with van der Waals surface area (Å²) in [5.74, 6) is -0.121. The summed E-state index contributed by atoms with van der Waals surface area (Å²) in [6.07, 6.45) is 0. The fourth-order valence-corrected chi connectivity index (χ4v) is 3.56. The Bertz CT molecular complexity index is 932. The molecule has 24 heavy (non-hydrogen) atoms. The van der Waals surface area contributed by atoms with Crippen LogP contribution in [0.4, 0.5) is 0 Å². The fraction of sp³-hybridized carbons (Fsp3) is 0.278. The number of halogens is 1. The molecule has 0 bridgehead atoms. The van der Waals surface area contributed by atoms with Crippen LogP contribution in [0.25, 0.3) is 11.0 Å². The number of nitrogens with one attached hydrogen (secondary N) is 1. The number of hydrogen-bond donors (Lipinski definition) is 1. The summed E-state index contributed by atoms with van der Waals surface area (Å²) in [4.78, 5) is 17.4. The molecule has 0 radical (unpaired) electrons. The number of benzene rings is 1. The molecule has 1 unspecified atom stereocenters. The van der Waals surface area contributed by atoms with E-state index >= 15 is 0 Å². The molecule has 3 rings (SSSR count). The summed E-state index contributed by atoms with van der Waals surface area (Å²) in [6, 6.07) is 9.59. The highest BCUT2D eigenvalue weighted by Gasteiger charge is 2.20. The Morgan fingerprint density at radius 3 is 2.71 bits per heavy atom. The maximum Gasteiger partial charge on any atom is 0.252 e. The first-order chi connectivity index (χ1) is 11.4. The minimum Gasteiger partial charge on any atom is -0.345 e. The Morgan fingerprint density at radius 1 is 1.29 bits per heavy atom. The lowest BCUT2D eigenvalue weighted by Crippen LogP contribution is -2.27. The predicted octanol–water partition coefficient (Wildman–Crippen LogP) is 3.84. The average Bonchev–Trinajstić information content (AvgIpc) is 2.81. The molecular weight excluding hydrogens is 368 g/mol. The number of carbonyl (C=O) groups excluding carboxylic acids is 1. The molecule has 5 nitrogen and oxygen atoms in total. The molecule has 1 atom stereocenters. The number of amides is 1. The van der Waals surface area contributed by atoms with E-state index in [1.165, 1.54) is 0 Å². The van der Waals surface area contributed by atoms with Crippen molar-refractivity contribution in [1.29, 1.82) is 0 Å². The molecule has 6 heteroatoms. The number of nitrogens with zero attached hydrogens (tertiary/aromatic N) is 3. The van der Waals surface area contributed by atoms with Gasteiger partial charge in [-0.25, -0.2) is 4.98 Å². The largest absolute Gasteiger partial charge is 0.345 e. The van der Waals surface area contributed by atoms with Crippen molar-refractivity contribution in [1.82, 2.24) is 20.1 Å². The van der Waals surface area contributed by atoms with Crippen LogP contribution in [-0.4, -0.2) is 20.7 Å². The van der Waals surface area contributed by atoms with Gasteiger partial charge in [-0.05, 0) is 38.5 Å². The Balaban J connectivity index is 1.99. The summed E-state index contributed by atoms with van der Waals surface area (Å²) in [7, 11) is 1.84. The van der Waals surface area contributed by atoms with Crippen molar-refractivity contribution in [2.24, 2.45) is 7.05 Å². The van der Waals surface area contributed by atoms with Crippen LogP contribution in [0.3, 0.4) is 0 Å². The highest BCUT2D eigenvalue weighted by atomic mass is 79.9. The third-order valence-electron chi connectivity index (χ3n) is 4.06. The topological polar surface area (TPSA) is 59.8 Å². The van der Waals surface area contributed by atoms with Crippen molar-refractivity contribution in [3.8, 4) is 0 Å². The summed E-state index contributed by atoms with van der Waals surface area (Å²) in [5, 5.41) is 8.27. The monoisotopic (exact) mass is 386 g/mol. The van der Waals surface area contributed by atoms with E-state index in [0.717, 1.165) is 32.5 Å². The lowest BCUT2D eigenvalue weighted by molar-refractivity contribution is 0.0941. The molecule has 124 valence electrons. The van der Waals surface area contributed by atoms with Crippen molar-refractivity contribution in [3.63, 3.8) is 0 Å². The van der Waals surface area contributed by atoms with Gasteiger partial charge >= 0.3 is 0 Å². The third kappa shape index (κ3) is 2.94. The lowest BCUT2D eigenvalue weighted by Gasteiger charge is -2.16. The quantitative estimate of drug-likeness (QED) is 0.743. The van der Waals surface area contributed by atoms with Gasteiger partial charge in [-0.2, -0.15) is 5.10 Å². The molecule has 1 N–H and O–H groups in total. The molecule has 2 aromatic heterocycles. The average molecular weight is 387 g/mol. The van der Waals surface area contributed by atoms with E-state index in [0.29, 0.717) is 5.56 Å². The van der Waals surface area contributed by atoms with Crippen molar-refractivity contribution < 1.29 is 4.79 Å². The Morgan fingerprint density at radius 2 is 2.00 bits per heavy atom. The first-order valence-corrected chi connectivity index (χ1v) is 8.54. The summed E-state index contributed by atoms with van der Waals surface area (Å²) >= 11 is 3.53. The van der Waals surface area contributed by atoms with Crippen LogP contribution in [0.2, 0.25) is 0 Å². The molecule has 0 saturated heterocycles. The van der Waals surface area contributed by atoms with Gasteiger partial charge in [-0.1, -0.05) is 34.1 Å². The van der Waals surface area contributed by atoms with Crippen LogP contribution >= 0.6 is 15.9 Å². The third-order valence-corrected chi connectivity index (χ3v) is 4.78. The Hall–Kier alpha value is -2.21. The number of fused-ring (bicyclic) bond motifs is 1. The van der Waals surface area contributed by atoms with Crippen molar-refractivity contribution >= 4 is 32.9 Å². The SMILES string of the molecule is Cc1cc(C(=O)NC(C)c2ccccc2Br)c2c(C)nn(C)c2n1. The maximum atomic E-state index is 12.9. The first-order valence-electron chi connectivity index (χ1n) is 7.74. The zero-order valence-electron chi connectivity index (χ0n) is 14.1. The van der Waals surface area contributed by atoms with Crippen molar-refractivity contribution in [2.45, 2.75) is 26.8 Å². The standard InChI is InChI=1S/C18H19BrN4O/c1-10-9-14(16-12(3)22-23(4)17(16)20-10)18(24)21-11(2)13-7-5-6-8-15(13)19/h5-9,11H,1-4H3,(H,21,24). The number of carbonyl (C=O) groups is 1. The smallest absolute Gasteiger partial charge is 0.252 e. The summed E-state index contributed by atoms with van der Waals surface area (Å²) < 4.78 is 2.69. The molecule has 0 saturated carbocycles. The van der Waals surface area contributed by atoms with Crippen LogP contribution in [-0.2, 0) is 7.05 Å². The van der Waals surface area contributed by atoms with Gasteiger partial charge in [-0.3, -0.25) is 9.48 Å². The molecule has 1 amide bonds. The number of aryl methyl sites for hydroxylation is 3. The number of hydrogen-bond acceptors (Lipinski definition) is 3. The highest BCUT2D eigenvalue weighted by Crippen LogP contribution is 2.25. The molecule has 0 spiro atoms. The molecule has 0 aliphatic carbocycles. The summed E-state index contributed by atoms with van der Waals surface area (Å²) in [5.41, 5.74) is 3.98. The maximum absolute atomic E-state index is 12.9. The van der Waals surface area contributed by atoms with Gasteiger partial charge in [0.25, 0.3) is 5.91 Å². The molecule has 2 heterocycles. The second-order valence-electron chi connectivity index (χ2n) is 5.94. The molecule has 0 fully saturated rings. The minimum absolute atomic E-state index is 0.117. The first kappa shape index (κ1) is 16.6. The molecule has 3 aromatic rings. The molecule has 0 aliphatic rings. The van der Waals surface area contributed by atoms with Gasteiger partial charge in [0.1, 0.15) is 0 Å². The van der Waals surface area contributed by atoms with Crippen LogP contribution in [0.1, 0.15) is 40.3 Å². The summed E-state index contributed by atoms with van der Waals surface area (Å²) in [6.45, 7) is 5.75. The molecular formula is C18H19BrN4O. The van der Waals surface area contributed by atoms with E-state index in [4.69, 9.17) is 0 Å². The van der Waals surface area contributed by atoms with Crippen LogP contribution in [0.15, 0.2) is 34.8 Å². The van der Waals surface area contributed by atoms with Gasteiger partial charge < -0.3 is 5.32 Å². The van der Waals surface area contributed by atoms with Gasteiger partial charge in [0.05, 0.1) is 22.7 Å². The van der Waals surface area contributed by atoms with Gasteiger partial charge in [0, 0.05) is 17.2 Å². The van der Waals surface area contributed by atoms with E-state index in [2.05, 4.69) is 31.3 Å². The van der Waals surface area contributed by atoms with Crippen molar-refractivity contribution in [3.05, 3.63) is 57.3 Å². The second kappa shape index (κ2) is 6.36. The van der Waals surface area contributed by atoms with Gasteiger partial charge in [-0.15, -0.1) is 0 Å². The Labute approximate surface area is 149 Å². The minimum atomic E-state index is -0.121. The highest BCUT2D eigenvalue weighted by molar-refractivity contribution is 9.10. The van der Waals surface area contributed by atoms with E-state index in [1.54, 1.807) is 4.68 Å². The number of aromatic nitrogens is 3. The van der Waals surface area contributed by atoms with E-state index in [9.17, 15) is 4.79 Å². The Kier molecular flexibility index (Phi) is 4.41. The molecule has 0 aliphatic heterocycles. The van der Waals surface area contributed by atoms with Crippen molar-refractivity contribution in [2.75, 3.05) is 0 Å². The predicted molar refractivity (Wildman–Crippen MR) is 98.0 cm³/mol. The van der Waals surface area contributed by atoms with Gasteiger partial charge in [0.2, 0.25) is 0 Å². The van der Waals surface area contributed by atoms with E-state index < -0.39 is 0 Å². The molecule has 1 aromatic carbocycles. The zero-order valence-corrected chi connectivity index (χ0v) is 15.7. The second-order valence-corrected chi connectivity index (χ2v) is 6.79. The van der Waals surface area contributed by atoms with Gasteiger partial charge in [0.15, 0.2) is 5.65 Å². The zero-order chi connectivity index (χ0) is 17.4. The van der Waals surface area contributed by atoms with Crippen LogP contribution < -0.4 is 5.32 Å². The normalized spacial score (nSPS) is 12.4. The number of rotatable bonds is 3. The van der Waals surface area contributed by atoms with Crippen LogP contribution in [0, 0.1) is 13.8 Å². The fourth-order valence-electron chi connectivity index (χ4n) is 2.93. The van der Waals surface area contributed by atoms with E-state index in [1.807, 2.05) is 58.2 Å².